The smallest absolute Gasteiger partial charge is 0.171 e. The number of thiocarbonyl (C=S) groups is 1. The lowest BCUT2D eigenvalue weighted by molar-refractivity contribution is 0.242. The summed E-state index contributed by atoms with van der Waals surface area (Å²) in [5.74, 6) is 1.79. The molecule has 24 heavy (non-hydrogen) atoms. The lowest BCUT2D eigenvalue weighted by Gasteiger charge is -2.29. The van der Waals surface area contributed by atoms with E-state index in [2.05, 4.69) is 10.6 Å². The lowest BCUT2D eigenvalue weighted by atomic mass is 9.94. The van der Waals surface area contributed by atoms with Crippen LogP contribution in [0.5, 0.6) is 5.75 Å². The summed E-state index contributed by atoms with van der Waals surface area (Å²) in [7, 11) is 0. The maximum Gasteiger partial charge on any atom is 0.171 e. The molecule has 0 amide bonds. The standard InChI is InChI=1S/C19H24N2O2S/c1-14(2)23-16-8-5-7-15(13-16)20-18(24)21-19(10-3-4-11-19)17-9-6-12-22-17/h5-9,12-14H,3-4,10-11H2,1-2H3,(H2,20,21,24). The zero-order valence-corrected chi connectivity index (χ0v) is 15.0. The van der Waals surface area contributed by atoms with Crippen LogP contribution >= 0.6 is 12.2 Å². The molecule has 2 N–H and O–H groups in total. The summed E-state index contributed by atoms with van der Waals surface area (Å²) in [5.41, 5.74) is 0.720. The Hall–Kier alpha value is -2.01. The van der Waals surface area contributed by atoms with E-state index in [4.69, 9.17) is 21.4 Å². The van der Waals surface area contributed by atoms with E-state index in [1.165, 1.54) is 12.8 Å². The van der Waals surface area contributed by atoms with E-state index < -0.39 is 0 Å². The highest BCUT2D eigenvalue weighted by molar-refractivity contribution is 7.80. The van der Waals surface area contributed by atoms with Gasteiger partial charge in [-0.1, -0.05) is 18.9 Å². The highest BCUT2D eigenvalue weighted by atomic mass is 32.1. The van der Waals surface area contributed by atoms with Crippen LogP contribution in [0.1, 0.15) is 45.3 Å². The molecule has 128 valence electrons. The number of hydrogen-bond donors (Lipinski definition) is 2. The summed E-state index contributed by atoms with van der Waals surface area (Å²) in [6, 6.07) is 11.8. The van der Waals surface area contributed by atoms with Crippen molar-refractivity contribution in [3.8, 4) is 5.75 Å². The van der Waals surface area contributed by atoms with Crippen molar-refractivity contribution in [3.05, 3.63) is 48.4 Å². The molecule has 1 saturated carbocycles. The van der Waals surface area contributed by atoms with E-state index in [-0.39, 0.29) is 11.6 Å². The van der Waals surface area contributed by atoms with E-state index >= 15 is 0 Å². The van der Waals surface area contributed by atoms with Gasteiger partial charge >= 0.3 is 0 Å². The Balaban J connectivity index is 1.69. The van der Waals surface area contributed by atoms with Crippen molar-refractivity contribution in [1.29, 1.82) is 0 Å². The van der Waals surface area contributed by atoms with Crippen molar-refractivity contribution in [2.45, 2.75) is 51.2 Å². The molecule has 1 fully saturated rings. The quantitative estimate of drug-likeness (QED) is 0.761. The molecule has 1 aromatic heterocycles. The summed E-state index contributed by atoms with van der Waals surface area (Å²) in [6.45, 7) is 4.03. The van der Waals surface area contributed by atoms with E-state index in [9.17, 15) is 0 Å². The van der Waals surface area contributed by atoms with Crippen LogP contribution in [0.25, 0.3) is 0 Å². The van der Waals surface area contributed by atoms with Gasteiger partial charge in [0.05, 0.1) is 17.9 Å². The van der Waals surface area contributed by atoms with Gasteiger partial charge in [0.25, 0.3) is 0 Å². The Bertz CT molecular complexity index is 676. The third-order valence-corrected chi connectivity index (χ3v) is 4.47. The monoisotopic (exact) mass is 344 g/mol. The van der Waals surface area contributed by atoms with Gasteiger partial charge in [0.1, 0.15) is 11.5 Å². The molecule has 1 aromatic carbocycles. The fourth-order valence-corrected chi connectivity index (χ4v) is 3.57. The zero-order chi connectivity index (χ0) is 17.0. The molecular weight excluding hydrogens is 320 g/mol. The third-order valence-electron chi connectivity index (χ3n) is 4.27. The molecule has 4 nitrogen and oxygen atoms in total. The van der Waals surface area contributed by atoms with E-state index in [0.29, 0.717) is 5.11 Å². The van der Waals surface area contributed by atoms with Crippen molar-refractivity contribution in [2.75, 3.05) is 5.32 Å². The first-order valence-corrected chi connectivity index (χ1v) is 8.88. The van der Waals surface area contributed by atoms with Crippen LogP contribution in [0, 0.1) is 0 Å². The first-order chi connectivity index (χ1) is 11.6. The summed E-state index contributed by atoms with van der Waals surface area (Å²) in [6.07, 6.45) is 6.27. The summed E-state index contributed by atoms with van der Waals surface area (Å²) in [5, 5.41) is 7.36. The minimum atomic E-state index is -0.195. The van der Waals surface area contributed by atoms with Gasteiger partial charge in [-0.2, -0.15) is 0 Å². The number of nitrogens with one attached hydrogen (secondary N) is 2. The normalized spacial score (nSPS) is 16.1. The summed E-state index contributed by atoms with van der Waals surface area (Å²) >= 11 is 5.54. The molecule has 0 radical (unpaired) electrons. The van der Waals surface area contributed by atoms with Gasteiger partial charge in [-0.05, 0) is 63.2 Å². The minimum absolute atomic E-state index is 0.144. The van der Waals surface area contributed by atoms with E-state index in [1.807, 2.05) is 50.2 Å². The number of furan rings is 1. The van der Waals surface area contributed by atoms with Crippen LogP contribution in [0.4, 0.5) is 5.69 Å². The first-order valence-electron chi connectivity index (χ1n) is 8.47. The maximum atomic E-state index is 5.73. The molecule has 1 aliphatic rings. The fraction of sp³-hybridized carbons (Fsp3) is 0.421. The van der Waals surface area contributed by atoms with Crippen LogP contribution in [0.15, 0.2) is 47.1 Å². The van der Waals surface area contributed by atoms with E-state index in [0.717, 1.165) is 30.0 Å². The number of rotatable bonds is 5. The Morgan fingerprint density at radius 1 is 1.21 bits per heavy atom. The topological polar surface area (TPSA) is 46.4 Å². The second-order valence-corrected chi connectivity index (χ2v) is 6.95. The number of benzene rings is 1. The second kappa shape index (κ2) is 7.26. The fourth-order valence-electron chi connectivity index (χ4n) is 3.26. The molecule has 2 aromatic rings. The average Bonchev–Trinajstić information content (AvgIpc) is 3.18. The Morgan fingerprint density at radius 2 is 2.00 bits per heavy atom. The number of anilines is 1. The predicted molar refractivity (Wildman–Crippen MR) is 100 cm³/mol. The number of ether oxygens (including phenoxy) is 1. The maximum absolute atomic E-state index is 5.73. The Morgan fingerprint density at radius 3 is 2.67 bits per heavy atom. The molecule has 0 atom stereocenters. The van der Waals surface area contributed by atoms with Crippen molar-refractivity contribution in [2.24, 2.45) is 0 Å². The number of hydrogen-bond acceptors (Lipinski definition) is 3. The first kappa shape index (κ1) is 16.8. The highest BCUT2D eigenvalue weighted by Gasteiger charge is 2.38. The highest BCUT2D eigenvalue weighted by Crippen LogP contribution is 2.39. The molecule has 3 rings (SSSR count). The van der Waals surface area contributed by atoms with Crippen molar-refractivity contribution in [1.82, 2.24) is 5.32 Å². The third kappa shape index (κ3) is 3.90. The van der Waals surface area contributed by atoms with Gasteiger partial charge in [-0.25, -0.2) is 0 Å². The Labute approximate surface area is 148 Å². The van der Waals surface area contributed by atoms with Crippen LogP contribution < -0.4 is 15.4 Å². The van der Waals surface area contributed by atoms with Gasteiger partial charge in [0, 0.05) is 11.8 Å². The van der Waals surface area contributed by atoms with Gasteiger partial charge in [0.15, 0.2) is 5.11 Å². The molecule has 1 aliphatic carbocycles. The lowest BCUT2D eigenvalue weighted by Crippen LogP contribution is -2.45. The molecule has 0 spiro atoms. The predicted octanol–water partition coefficient (Wildman–Crippen LogP) is 4.82. The molecule has 0 aliphatic heterocycles. The zero-order valence-electron chi connectivity index (χ0n) is 14.2. The van der Waals surface area contributed by atoms with Crippen LogP contribution in [0.3, 0.4) is 0 Å². The largest absolute Gasteiger partial charge is 0.491 e. The van der Waals surface area contributed by atoms with Crippen molar-refractivity contribution < 1.29 is 9.15 Å². The Kier molecular flexibility index (Phi) is 5.09. The average molecular weight is 344 g/mol. The SMILES string of the molecule is CC(C)Oc1cccc(NC(=S)NC2(c3ccco3)CCCC2)c1. The molecule has 0 unspecified atom stereocenters. The van der Waals surface area contributed by atoms with Crippen molar-refractivity contribution >= 4 is 23.0 Å². The molecular formula is C19H24N2O2S. The van der Waals surface area contributed by atoms with Gasteiger partial charge in [-0.3, -0.25) is 0 Å². The summed E-state index contributed by atoms with van der Waals surface area (Å²) < 4.78 is 11.4. The molecule has 0 bridgehead atoms. The van der Waals surface area contributed by atoms with Crippen LogP contribution in [-0.2, 0) is 5.54 Å². The second-order valence-electron chi connectivity index (χ2n) is 6.54. The molecule has 0 saturated heterocycles. The van der Waals surface area contributed by atoms with Crippen molar-refractivity contribution in [3.63, 3.8) is 0 Å². The van der Waals surface area contributed by atoms with Gasteiger partial charge in [0.2, 0.25) is 0 Å². The molecule has 1 heterocycles. The van der Waals surface area contributed by atoms with Crippen LogP contribution in [-0.4, -0.2) is 11.2 Å². The van der Waals surface area contributed by atoms with Gasteiger partial charge in [-0.15, -0.1) is 0 Å². The minimum Gasteiger partial charge on any atom is -0.491 e. The van der Waals surface area contributed by atoms with Gasteiger partial charge < -0.3 is 19.8 Å². The summed E-state index contributed by atoms with van der Waals surface area (Å²) in [4.78, 5) is 0. The molecule has 5 heteroatoms. The van der Waals surface area contributed by atoms with Crippen LogP contribution in [0.2, 0.25) is 0 Å². The van der Waals surface area contributed by atoms with E-state index in [1.54, 1.807) is 6.26 Å².